The molecule has 0 amide bonds. The van der Waals surface area contributed by atoms with Gasteiger partial charge in [0, 0.05) is 9.09 Å². The fourth-order valence-electron chi connectivity index (χ4n) is 0.122. The fourth-order valence-corrected chi connectivity index (χ4v) is 0.367. The predicted octanol–water partition coefficient (Wildman–Crippen LogP) is 1.49. The first-order chi connectivity index (χ1) is 4.20. The molecule has 0 radical (unpaired) electrons. The van der Waals surface area contributed by atoms with E-state index in [1.54, 1.807) is 0 Å². The zero-order valence-electron chi connectivity index (χ0n) is 4.08. The molecule has 0 aliphatic heterocycles. The maximum absolute atomic E-state index is 11.7. The van der Waals surface area contributed by atoms with Gasteiger partial charge in [-0.25, -0.2) is 0 Å². The summed E-state index contributed by atoms with van der Waals surface area (Å²) >= 11 is 0. The Labute approximate surface area is 50.8 Å². The van der Waals surface area contributed by atoms with Gasteiger partial charge in [-0.1, -0.05) is 4.52 Å². The SMILES string of the molecule is C#CC(F)O[P+](=O)OF. The summed E-state index contributed by atoms with van der Waals surface area (Å²) in [5.74, 6) is 1.41. The number of hydrogen-bond acceptors (Lipinski definition) is 3. The van der Waals surface area contributed by atoms with E-state index in [-0.39, 0.29) is 0 Å². The average Bonchev–Trinajstić information content (AvgIpc) is 1.87. The van der Waals surface area contributed by atoms with E-state index in [2.05, 4.69) is 15.7 Å². The van der Waals surface area contributed by atoms with Gasteiger partial charge in [0.25, 0.3) is 0 Å². The van der Waals surface area contributed by atoms with Crippen molar-refractivity contribution in [2.24, 2.45) is 0 Å². The molecule has 0 bridgehead atoms. The lowest BCUT2D eigenvalue weighted by Crippen LogP contribution is -1.94. The van der Waals surface area contributed by atoms with E-state index in [1.807, 2.05) is 0 Å². The van der Waals surface area contributed by atoms with Gasteiger partial charge < -0.3 is 0 Å². The average molecular weight is 155 g/mol. The standard InChI is InChI=1S/C3H2F2O3P/c1-2-3(4)7-9(6)8-5/h1,3H/q+1. The van der Waals surface area contributed by atoms with Gasteiger partial charge in [0.1, 0.15) is 4.73 Å². The van der Waals surface area contributed by atoms with Crippen molar-refractivity contribution in [1.82, 2.24) is 0 Å². The van der Waals surface area contributed by atoms with Crippen LogP contribution in [0.4, 0.5) is 8.92 Å². The van der Waals surface area contributed by atoms with Crippen LogP contribution < -0.4 is 0 Å². The summed E-state index contributed by atoms with van der Waals surface area (Å²) in [7, 11) is -3.06. The molecule has 3 nitrogen and oxygen atoms in total. The number of halogens is 2. The molecule has 0 rings (SSSR count). The van der Waals surface area contributed by atoms with Crippen LogP contribution in [-0.4, -0.2) is 6.36 Å². The molecule has 0 saturated heterocycles. The molecule has 0 heterocycles. The van der Waals surface area contributed by atoms with Crippen LogP contribution >= 0.6 is 8.25 Å². The van der Waals surface area contributed by atoms with Crippen molar-refractivity contribution in [2.45, 2.75) is 6.36 Å². The van der Waals surface area contributed by atoms with E-state index in [9.17, 15) is 13.5 Å². The van der Waals surface area contributed by atoms with Crippen molar-refractivity contribution in [3.63, 3.8) is 0 Å². The highest BCUT2D eigenvalue weighted by atomic mass is 31.1. The summed E-state index contributed by atoms with van der Waals surface area (Å²) in [6, 6.07) is 0. The van der Waals surface area contributed by atoms with E-state index < -0.39 is 14.6 Å². The normalized spacial score (nSPS) is 14.1. The van der Waals surface area contributed by atoms with Gasteiger partial charge in [-0.2, -0.15) is 4.39 Å². The van der Waals surface area contributed by atoms with Crippen molar-refractivity contribution < 1.29 is 22.7 Å². The van der Waals surface area contributed by atoms with Gasteiger partial charge in [-0.15, -0.1) is 6.42 Å². The van der Waals surface area contributed by atoms with E-state index in [4.69, 9.17) is 0 Å². The zero-order valence-corrected chi connectivity index (χ0v) is 4.98. The first kappa shape index (κ1) is 8.44. The van der Waals surface area contributed by atoms with Gasteiger partial charge in [0.15, 0.2) is 0 Å². The third-order valence-electron chi connectivity index (χ3n) is 0.366. The molecule has 50 valence electrons. The molecule has 6 heteroatoms. The lowest BCUT2D eigenvalue weighted by atomic mass is 10.7. The molecule has 0 aliphatic carbocycles. The van der Waals surface area contributed by atoms with Crippen LogP contribution in [-0.2, 0) is 13.8 Å². The molecule has 2 atom stereocenters. The predicted molar refractivity (Wildman–Crippen MR) is 24.6 cm³/mol. The second kappa shape index (κ2) is 4.33. The van der Waals surface area contributed by atoms with Crippen LogP contribution in [0.15, 0.2) is 0 Å². The third kappa shape index (κ3) is 3.98. The smallest absolute Gasteiger partial charge is 0.196 e. The minimum Gasteiger partial charge on any atom is -0.196 e. The molecule has 0 aliphatic rings. The molecule has 0 aromatic carbocycles. The van der Waals surface area contributed by atoms with Crippen molar-refractivity contribution in [3.05, 3.63) is 0 Å². The van der Waals surface area contributed by atoms with Crippen molar-refractivity contribution in [2.75, 3.05) is 0 Å². The molecule has 0 N–H and O–H groups in total. The molecule has 2 unspecified atom stereocenters. The topological polar surface area (TPSA) is 35.5 Å². The van der Waals surface area contributed by atoms with Crippen molar-refractivity contribution >= 4 is 8.25 Å². The Morgan fingerprint density at radius 2 is 2.33 bits per heavy atom. The van der Waals surface area contributed by atoms with Crippen LogP contribution in [0.2, 0.25) is 0 Å². The lowest BCUT2D eigenvalue weighted by Gasteiger charge is -1.82. The Kier molecular flexibility index (Phi) is 4.06. The van der Waals surface area contributed by atoms with Crippen molar-refractivity contribution in [1.29, 1.82) is 0 Å². The van der Waals surface area contributed by atoms with Gasteiger partial charge >= 0.3 is 14.6 Å². The summed E-state index contributed by atoms with van der Waals surface area (Å²) in [5.41, 5.74) is 0. The monoisotopic (exact) mass is 155 g/mol. The number of hydrogen-bond donors (Lipinski definition) is 0. The van der Waals surface area contributed by atoms with E-state index in [0.29, 0.717) is 0 Å². The molecule has 0 aromatic rings. The molecule has 9 heavy (non-hydrogen) atoms. The minimum atomic E-state index is -3.06. The van der Waals surface area contributed by atoms with Crippen LogP contribution in [0.5, 0.6) is 0 Å². The second-order valence-electron chi connectivity index (χ2n) is 0.881. The number of rotatable bonds is 3. The first-order valence-corrected chi connectivity index (χ1v) is 2.83. The molecular weight excluding hydrogens is 153 g/mol. The Balaban J connectivity index is 3.50. The number of terminal acetylenes is 1. The highest BCUT2D eigenvalue weighted by molar-refractivity contribution is 7.33. The summed E-state index contributed by atoms with van der Waals surface area (Å²) in [5, 5.41) is 0. The maximum Gasteiger partial charge on any atom is 0.737 e. The summed E-state index contributed by atoms with van der Waals surface area (Å²) in [6.45, 7) is 0. The molecule has 0 fully saturated rings. The van der Waals surface area contributed by atoms with Crippen molar-refractivity contribution in [3.8, 4) is 12.3 Å². The molecule has 0 spiro atoms. The summed E-state index contributed by atoms with van der Waals surface area (Å²) < 4.78 is 38.3. The van der Waals surface area contributed by atoms with E-state index in [0.717, 1.165) is 0 Å². The van der Waals surface area contributed by atoms with E-state index in [1.165, 1.54) is 5.92 Å². The van der Waals surface area contributed by atoms with Gasteiger partial charge in [-0.3, -0.25) is 0 Å². The largest absolute Gasteiger partial charge is 0.737 e. The lowest BCUT2D eigenvalue weighted by molar-refractivity contribution is -0.0292. The highest BCUT2D eigenvalue weighted by Crippen LogP contribution is 2.26. The quantitative estimate of drug-likeness (QED) is 0.457. The Hall–Kier alpha value is -0.560. The van der Waals surface area contributed by atoms with Crippen LogP contribution in [0.3, 0.4) is 0 Å². The van der Waals surface area contributed by atoms with Crippen LogP contribution in [0, 0.1) is 12.3 Å². The molecular formula is C3H2F2O3P+. The summed E-state index contributed by atoms with van der Waals surface area (Å²) in [4.78, 5) is 0. The minimum absolute atomic E-state index is 1.41. The van der Waals surface area contributed by atoms with Crippen LogP contribution in [0.1, 0.15) is 0 Å². The summed E-state index contributed by atoms with van der Waals surface area (Å²) in [6.07, 6.45) is 2.23. The number of alkyl halides is 1. The highest BCUT2D eigenvalue weighted by Gasteiger charge is 2.26. The maximum atomic E-state index is 11.7. The first-order valence-electron chi connectivity index (χ1n) is 1.73. The van der Waals surface area contributed by atoms with Gasteiger partial charge in [0.05, 0.1) is 0 Å². The Morgan fingerprint density at radius 1 is 1.78 bits per heavy atom. The zero-order chi connectivity index (χ0) is 7.28. The van der Waals surface area contributed by atoms with E-state index >= 15 is 0 Å². The Morgan fingerprint density at radius 3 is 2.67 bits per heavy atom. The Bertz CT molecular complexity index is 142. The molecule has 0 saturated carbocycles. The third-order valence-corrected chi connectivity index (χ3v) is 0.836. The van der Waals surface area contributed by atoms with Gasteiger partial charge in [0.2, 0.25) is 0 Å². The van der Waals surface area contributed by atoms with Crippen LogP contribution in [0.25, 0.3) is 0 Å². The van der Waals surface area contributed by atoms with Gasteiger partial charge in [-0.05, 0) is 5.92 Å². The fraction of sp³-hybridized carbons (Fsp3) is 0.333. The second-order valence-corrected chi connectivity index (χ2v) is 1.68. The molecule has 0 aromatic heterocycles.